The first-order valence-electron chi connectivity index (χ1n) is 7.04. The molecular formula is C13H21F3N3O+. The minimum absolute atomic E-state index is 0.0905. The molecule has 3 aliphatic rings. The largest absolute Gasteiger partial charge is 0.393 e. The number of epoxide rings is 1. The molecule has 2 saturated heterocycles. The zero-order chi connectivity index (χ0) is 14.5. The Hall–Kier alpha value is -0.660. The van der Waals surface area contributed by atoms with Gasteiger partial charge < -0.3 is 9.64 Å². The maximum Gasteiger partial charge on any atom is 0.393 e. The molecule has 4 atom stereocenters. The van der Waals surface area contributed by atoms with Crippen LogP contribution >= 0.6 is 0 Å². The molecule has 0 N–H and O–H groups in total. The van der Waals surface area contributed by atoms with Gasteiger partial charge >= 0.3 is 6.18 Å². The van der Waals surface area contributed by atoms with Crippen LogP contribution in [0.4, 0.5) is 13.2 Å². The van der Waals surface area contributed by atoms with E-state index in [0.717, 1.165) is 19.6 Å². The van der Waals surface area contributed by atoms with E-state index < -0.39 is 18.0 Å². The third kappa shape index (κ3) is 2.71. The van der Waals surface area contributed by atoms with E-state index in [2.05, 4.69) is 9.48 Å². The number of hydrogen-bond acceptors (Lipinski definition) is 3. The van der Waals surface area contributed by atoms with Gasteiger partial charge in [-0.15, -0.1) is 0 Å². The number of likely N-dealkylation sites (N-methyl/N-ethyl adjacent to an activating group) is 1. The fraction of sp³-hybridized carbons (Fsp3) is 0.923. The second kappa shape index (κ2) is 4.96. The van der Waals surface area contributed by atoms with Crippen molar-refractivity contribution in [2.75, 3.05) is 46.8 Å². The van der Waals surface area contributed by atoms with Crippen molar-refractivity contribution in [1.82, 2.24) is 9.80 Å². The average molecular weight is 292 g/mol. The van der Waals surface area contributed by atoms with Crippen LogP contribution in [0, 0.1) is 11.8 Å². The summed E-state index contributed by atoms with van der Waals surface area (Å²) in [5.41, 5.74) is 0. The van der Waals surface area contributed by atoms with Gasteiger partial charge in [-0.3, -0.25) is 4.90 Å². The van der Waals surface area contributed by atoms with E-state index in [0.29, 0.717) is 6.54 Å². The highest BCUT2D eigenvalue weighted by atomic mass is 19.4. The van der Waals surface area contributed by atoms with Gasteiger partial charge in [0.25, 0.3) is 6.23 Å². The highest BCUT2D eigenvalue weighted by Gasteiger charge is 2.62. The Morgan fingerprint density at radius 1 is 1.20 bits per heavy atom. The summed E-state index contributed by atoms with van der Waals surface area (Å²) in [6, 6.07) is 0. The Kier molecular flexibility index (Phi) is 3.54. The third-order valence-corrected chi connectivity index (χ3v) is 4.59. The number of hydrogen-bond donors (Lipinski definition) is 0. The minimum Gasteiger partial charge on any atom is -0.306 e. The summed E-state index contributed by atoms with van der Waals surface area (Å²) >= 11 is 0. The molecule has 0 saturated carbocycles. The molecule has 0 aromatic heterocycles. The fourth-order valence-electron chi connectivity index (χ4n) is 3.35. The number of ether oxygens (including phenoxy) is 1. The second-order valence-corrected chi connectivity index (χ2v) is 6.21. The van der Waals surface area contributed by atoms with Gasteiger partial charge in [0, 0.05) is 19.0 Å². The van der Waals surface area contributed by atoms with Gasteiger partial charge in [0.15, 0.2) is 18.9 Å². The lowest BCUT2D eigenvalue weighted by molar-refractivity contribution is -0.561. The summed E-state index contributed by atoms with van der Waals surface area (Å²) in [4.78, 5) is 3.94. The van der Waals surface area contributed by atoms with Crippen molar-refractivity contribution < 1.29 is 22.5 Å². The number of rotatable bonds is 2. The number of alkyl halides is 3. The van der Waals surface area contributed by atoms with Crippen molar-refractivity contribution in [1.29, 1.82) is 0 Å². The molecule has 3 rings (SSSR count). The van der Waals surface area contributed by atoms with Crippen LogP contribution in [0.2, 0.25) is 0 Å². The molecular weight excluding hydrogens is 271 g/mol. The summed E-state index contributed by atoms with van der Waals surface area (Å²) in [5, 5.41) is 0. The van der Waals surface area contributed by atoms with Gasteiger partial charge in [0.1, 0.15) is 0 Å². The van der Waals surface area contributed by atoms with Crippen LogP contribution < -0.4 is 0 Å². The number of halogens is 3. The van der Waals surface area contributed by atoms with Crippen molar-refractivity contribution in [2.24, 2.45) is 11.8 Å². The van der Waals surface area contributed by atoms with Crippen LogP contribution in [0.5, 0.6) is 0 Å². The Labute approximate surface area is 116 Å². The Balaban J connectivity index is 1.66. The maximum atomic E-state index is 13.1. The minimum atomic E-state index is -4.13. The van der Waals surface area contributed by atoms with Gasteiger partial charge in [-0.1, -0.05) is 0 Å². The van der Waals surface area contributed by atoms with Crippen LogP contribution in [0.25, 0.3) is 0 Å². The molecule has 7 heteroatoms. The predicted octanol–water partition coefficient (Wildman–Crippen LogP) is 0.480. The number of likely N-dealkylation sites (tertiary alicyclic amines) is 1. The first-order valence-corrected chi connectivity index (χ1v) is 7.04. The Morgan fingerprint density at radius 3 is 2.55 bits per heavy atom. The van der Waals surface area contributed by atoms with Crippen LogP contribution in [-0.2, 0) is 4.74 Å². The highest BCUT2D eigenvalue weighted by Crippen LogP contribution is 2.45. The fourth-order valence-corrected chi connectivity index (χ4v) is 3.35. The van der Waals surface area contributed by atoms with Gasteiger partial charge in [-0.2, -0.15) is 13.2 Å². The summed E-state index contributed by atoms with van der Waals surface area (Å²) in [6.45, 7) is 3.15. The maximum absolute atomic E-state index is 13.1. The topological polar surface area (TPSA) is 22.0 Å². The molecule has 20 heavy (non-hydrogen) atoms. The molecule has 3 aliphatic heterocycles. The molecule has 0 spiro atoms. The van der Waals surface area contributed by atoms with E-state index in [1.165, 1.54) is 0 Å². The van der Waals surface area contributed by atoms with Crippen LogP contribution in [0.1, 0.15) is 0 Å². The van der Waals surface area contributed by atoms with E-state index in [-0.39, 0.29) is 18.9 Å². The van der Waals surface area contributed by atoms with Crippen LogP contribution in [-0.4, -0.2) is 85.9 Å². The molecule has 114 valence electrons. The van der Waals surface area contributed by atoms with Crippen molar-refractivity contribution >= 4 is 6.21 Å². The monoisotopic (exact) mass is 292 g/mol. The summed E-state index contributed by atoms with van der Waals surface area (Å²) in [6.07, 6.45) is -2.51. The Bertz CT molecular complexity index is 412. The average Bonchev–Trinajstić information content (AvgIpc) is 3.05. The molecule has 0 bridgehead atoms. The lowest BCUT2D eigenvalue weighted by atomic mass is 9.92. The zero-order valence-corrected chi connectivity index (χ0v) is 11.8. The van der Waals surface area contributed by atoms with Gasteiger partial charge in [0.2, 0.25) is 0 Å². The van der Waals surface area contributed by atoms with Crippen molar-refractivity contribution in [3.05, 3.63) is 0 Å². The van der Waals surface area contributed by atoms with E-state index in [9.17, 15) is 13.2 Å². The normalized spacial score (nSPS) is 40.0. The molecule has 2 unspecified atom stereocenters. The number of nitrogens with zero attached hydrogens (tertiary/aromatic N) is 3. The predicted molar refractivity (Wildman–Crippen MR) is 67.9 cm³/mol. The molecule has 0 radical (unpaired) electrons. The quantitative estimate of drug-likeness (QED) is 0.546. The van der Waals surface area contributed by atoms with Gasteiger partial charge in [-0.05, 0) is 14.1 Å². The summed E-state index contributed by atoms with van der Waals surface area (Å²) < 4.78 is 46.9. The zero-order valence-electron chi connectivity index (χ0n) is 11.8. The molecule has 0 aromatic carbocycles. The molecule has 2 fully saturated rings. The lowest BCUT2D eigenvalue weighted by Crippen LogP contribution is -2.40. The highest BCUT2D eigenvalue weighted by molar-refractivity contribution is 5.54. The third-order valence-electron chi connectivity index (χ3n) is 4.59. The van der Waals surface area contributed by atoms with Gasteiger partial charge in [0.05, 0.1) is 19.0 Å². The van der Waals surface area contributed by atoms with E-state index in [1.54, 1.807) is 11.9 Å². The van der Waals surface area contributed by atoms with Crippen molar-refractivity contribution in [3.63, 3.8) is 0 Å². The standard InChI is InChI=1S/C13H21F3N3O/c1-17-3-5-19(6-4-17)12-11(20-12)9-7-18(2)8-10(9)13(14,15)16/h5,9-12H,3-4,6-8H2,1-2H3/q+1/t9-,10-,11?,12?/m1/s1. The van der Waals surface area contributed by atoms with Crippen LogP contribution in [0.15, 0.2) is 0 Å². The van der Waals surface area contributed by atoms with Crippen LogP contribution in [0.3, 0.4) is 0 Å². The van der Waals surface area contributed by atoms with Crippen molar-refractivity contribution in [3.8, 4) is 0 Å². The van der Waals surface area contributed by atoms with E-state index in [4.69, 9.17) is 4.74 Å². The molecule has 0 amide bonds. The lowest BCUT2D eigenvalue weighted by Gasteiger charge is -2.20. The molecule has 0 aromatic rings. The van der Waals surface area contributed by atoms with Crippen molar-refractivity contribution in [2.45, 2.75) is 18.5 Å². The van der Waals surface area contributed by atoms with E-state index >= 15 is 0 Å². The SMILES string of the molecule is CN1CC=[N+](C2OC2[C@@H]2CN(C)C[C@H]2C(F)(F)F)CC1. The van der Waals surface area contributed by atoms with Gasteiger partial charge in [-0.25, -0.2) is 4.58 Å². The summed E-state index contributed by atoms with van der Waals surface area (Å²) in [5.74, 6) is -1.69. The smallest absolute Gasteiger partial charge is 0.306 e. The molecule has 3 heterocycles. The van der Waals surface area contributed by atoms with E-state index in [1.807, 2.05) is 13.3 Å². The molecule has 4 nitrogen and oxygen atoms in total. The first-order chi connectivity index (χ1) is 9.36. The molecule has 0 aliphatic carbocycles. The second-order valence-electron chi connectivity index (χ2n) is 6.21. The summed E-state index contributed by atoms with van der Waals surface area (Å²) in [7, 11) is 3.78. The Morgan fingerprint density at radius 2 is 1.95 bits per heavy atom. The first kappa shape index (κ1) is 14.3.